The summed E-state index contributed by atoms with van der Waals surface area (Å²) in [5, 5.41) is 0. The molecule has 0 heterocycles. The van der Waals surface area contributed by atoms with Crippen molar-refractivity contribution in [1.82, 2.24) is 0 Å². The molecule has 0 aliphatic carbocycles. The average molecular weight is 514 g/mol. The van der Waals surface area contributed by atoms with E-state index >= 15 is 4.39 Å². The van der Waals surface area contributed by atoms with Gasteiger partial charge in [0.2, 0.25) is 5.82 Å². The lowest BCUT2D eigenvalue weighted by molar-refractivity contribution is -0.139. The second-order valence-electron chi connectivity index (χ2n) is 6.89. The van der Waals surface area contributed by atoms with Gasteiger partial charge >= 0.3 is 18.5 Å². The van der Waals surface area contributed by atoms with Gasteiger partial charge in [-0.2, -0.15) is 43.9 Å². The van der Waals surface area contributed by atoms with Gasteiger partial charge < -0.3 is 20.9 Å². The van der Waals surface area contributed by atoms with Gasteiger partial charge in [0.05, 0.1) is 0 Å². The molecule has 0 atom stereocenters. The fourth-order valence-corrected chi connectivity index (χ4v) is 3.04. The van der Waals surface area contributed by atoms with E-state index in [4.69, 9.17) is 16.2 Å². The monoisotopic (exact) mass is 514 g/mol. The molecule has 3 rings (SSSR count). The van der Waals surface area contributed by atoms with Crippen LogP contribution in [0.5, 0.6) is 23.0 Å². The van der Waals surface area contributed by atoms with E-state index in [0.717, 1.165) is 30.3 Å². The number of ether oxygens (including phenoxy) is 2. The molecule has 35 heavy (non-hydrogen) atoms. The number of hydrogen-bond acceptors (Lipinski definition) is 4. The van der Waals surface area contributed by atoms with Crippen LogP contribution >= 0.6 is 0 Å². The summed E-state index contributed by atoms with van der Waals surface area (Å²) < 4.78 is 145. The van der Waals surface area contributed by atoms with Crippen molar-refractivity contribution in [2.75, 3.05) is 11.5 Å². The van der Waals surface area contributed by atoms with E-state index in [1.54, 1.807) is 0 Å². The number of nitrogen functional groups attached to an aromatic ring is 2. The molecule has 0 spiro atoms. The third kappa shape index (κ3) is 5.30. The minimum Gasteiger partial charge on any atom is -0.453 e. The molecule has 0 aliphatic heterocycles. The van der Waals surface area contributed by atoms with Gasteiger partial charge in [-0.3, -0.25) is 0 Å². The van der Waals surface area contributed by atoms with E-state index in [1.165, 1.54) is 0 Å². The van der Waals surface area contributed by atoms with Gasteiger partial charge in [-0.25, -0.2) is 0 Å². The SMILES string of the molecule is Nc1cccc(Oc2ccc(C(F)(F)F)c(Oc3cccc(N)c3C(F)(F)F)c2F)c1C(F)(F)F. The summed E-state index contributed by atoms with van der Waals surface area (Å²) in [7, 11) is 0. The maximum Gasteiger partial charge on any atom is 0.421 e. The molecule has 0 saturated heterocycles. The molecule has 0 aromatic heterocycles. The van der Waals surface area contributed by atoms with E-state index in [2.05, 4.69) is 4.74 Å². The average Bonchev–Trinajstić information content (AvgIpc) is 2.68. The number of benzene rings is 3. The Morgan fingerprint density at radius 1 is 0.543 bits per heavy atom. The largest absolute Gasteiger partial charge is 0.453 e. The molecule has 188 valence electrons. The molecular weight excluding hydrogens is 502 g/mol. The minimum atomic E-state index is -5.33. The Balaban J connectivity index is 2.19. The van der Waals surface area contributed by atoms with Crippen LogP contribution in [0, 0.1) is 5.82 Å². The standard InChI is InChI=1S/C21H12F10N2O2/c22-17-14(34-12-5-1-3-10(32)15(12)20(26,27)28)8-7-9(19(23,24)25)18(17)35-13-6-2-4-11(33)16(13)21(29,30)31/h1-8H,32-33H2. The molecule has 0 saturated carbocycles. The molecule has 0 bridgehead atoms. The quantitative estimate of drug-likeness (QED) is 0.278. The Hall–Kier alpha value is -3.84. The number of rotatable bonds is 4. The summed E-state index contributed by atoms with van der Waals surface area (Å²) in [6, 6.07) is 5.38. The van der Waals surface area contributed by atoms with Gasteiger partial charge in [0.25, 0.3) is 0 Å². The Morgan fingerprint density at radius 3 is 1.43 bits per heavy atom. The molecule has 14 heteroatoms. The van der Waals surface area contributed by atoms with Crippen LogP contribution in [0.25, 0.3) is 0 Å². The molecule has 0 radical (unpaired) electrons. The van der Waals surface area contributed by atoms with Gasteiger partial charge in [0, 0.05) is 11.4 Å². The van der Waals surface area contributed by atoms with Gasteiger partial charge in [-0.1, -0.05) is 12.1 Å². The summed E-state index contributed by atoms with van der Waals surface area (Å²) in [6.07, 6.45) is -15.6. The van der Waals surface area contributed by atoms with Crippen molar-refractivity contribution < 1.29 is 53.4 Å². The van der Waals surface area contributed by atoms with Crippen LogP contribution in [-0.2, 0) is 18.5 Å². The summed E-state index contributed by atoms with van der Waals surface area (Å²) in [5.41, 5.74) is 3.73. The third-order valence-corrected chi connectivity index (χ3v) is 4.48. The maximum absolute atomic E-state index is 15.1. The zero-order valence-electron chi connectivity index (χ0n) is 16.9. The molecule has 3 aromatic carbocycles. The number of nitrogens with two attached hydrogens (primary N) is 2. The smallest absolute Gasteiger partial charge is 0.421 e. The first kappa shape index (κ1) is 25.8. The summed E-state index contributed by atoms with van der Waals surface area (Å²) in [6.45, 7) is 0. The maximum atomic E-state index is 15.1. The van der Waals surface area contributed by atoms with Crippen LogP contribution in [0.4, 0.5) is 55.3 Å². The predicted octanol–water partition coefficient (Wildman–Crippen LogP) is 7.63. The molecule has 0 aliphatic rings. The molecule has 3 aromatic rings. The van der Waals surface area contributed by atoms with Crippen molar-refractivity contribution in [1.29, 1.82) is 0 Å². The number of alkyl halides is 9. The predicted molar refractivity (Wildman–Crippen MR) is 103 cm³/mol. The van der Waals surface area contributed by atoms with Crippen LogP contribution in [-0.4, -0.2) is 0 Å². The van der Waals surface area contributed by atoms with Crippen molar-refractivity contribution in [3.8, 4) is 23.0 Å². The summed E-state index contributed by atoms with van der Waals surface area (Å²) >= 11 is 0. The fourth-order valence-electron chi connectivity index (χ4n) is 3.04. The summed E-state index contributed by atoms with van der Waals surface area (Å²) in [4.78, 5) is 0. The third-order valence-electron chi connectivity index (χ3n) is 4.48. The van der Waals surface area contributed by atoms with E-state index in [-0.39, 0.29) is 6.07 Å². The highest BCUT2D eigenvalue weighted by Gasteiger charge is 2.41. The first-order valence-corrected chi connectivity index (χ1v) is 9.18. The van der Waals surface area contributed by atoms with Crippen molar-refractivity contribution >= 4 is 11.4 Å². The zero-order chi connectivity index (χ0) is 26.3. The topological polar surface area (TPSA) is 70.5 Å². The minimum absolute atomic E-state index is 0.173. The van der Waals surface area contributed by atoms with Crippen LogP contribution in [0.1, 0.15) is 16.7 Å². The Labute approximate surface area is 189 Å². The second-order valence-corrected chi connectivity index (χ2v) is 6.89. The van der Waals surface area contributed by atoms with Crippen molar-refractivity contribution in [2.24, 2.45) is 0 Å². The summed E-state index contributed by atoms with van der Waals surface area (Å²) in [5.74, 6) is -7.35. The highest BCUT2D eigenvalue weighted by Crippen LogP contribution is 2.48. The zero-order valence-corrected chi connectivity index (χ0v) is 16.9. The fraction of sp³-hybridized carbons (Fsp3) is 0.143. The molecule has 0 fully saturated rings. The lowest BCUT2D eigenvalue weighted by atomic mass is 10.1. The Kier molecular flexibility index (Phi) is 6.44. The van der Waals surface area contributed by atoms with Gasteiger partial charge in [-0.05, 0) is 36.4 Å². The second kappa shape index (κ2) is 8.74. The lowest BCUT2D eigenvalue weighted by Gasteiger charge is -2.20. The van der Waals surface area contributed by atoms with E-state index < -0.39 is 75.4 Å². The van der Waals surface area contributed by atoms with Crippen molar-refractivity contribution in [3.63, 3.8) is 0 Å². The van der Waals surface area contributed by atoms with Crippen LogP contribution in [0.2, 0.25) is 0 Å². The first-order valence-electron chi connectivity index (χ1n) is 9.18. The molecule has 4 N–H and O–H groups in total. The first-order chi connectivity index (χ1) is 16.0. The number of anilines is 2. The van der Waals surface area contributed by atoms with Crippen LogP contribution in [0.15, 0.2) is 48.5 Å². The molecule has 0 amide bonds. The van der Waals surface area contributed by atoms with E-state index in [9.17, 15) is 39.5 Å². The normalized spacial score (nSPS) is 12.5. The van der Waals surface area contributed by atoms with E-state index in [1.807, 2.05) is 0 Å². The van der Waals surface area contributed by atoms with Gasteiger partial charge in [-0.15, -0.1) is 0 Å². The lowest BCUT2D eigenvalue weighted by Crippen LogP contribution is -2.13. The van der Waals surface area contributed by atoms with Crippen LogP contribution < -0.4 is 20.9 Å². The number of halogens is 10. The Morgan fingerprint density at radius 2 is 1.00 bits per heavy atom. The highest BCUT2D eigenvalue weighted by atomic mass is 19.4. The number of hydrogen-bond donors (Lipinski definition) is 2. The van der Waals surface area contributed by atoms with Gasteiger partial charge in [0.15, 0.2) is 11.5 Å². The van der Waals surface area contributed by atoms with E-state index in [0.29, 0.717) is 12.1 Å². The Bertz CT molecular complexity index is 1250. The van der Waals surface area contributed by atoms with Gasteiger partial charge in [0.1, 0.15) is 28.2 Å². The molecule has 0 unspecified atom stereocenters. The van der Waals surface area contributed by atoms with Crippen molar-refractivity contribution in [2.45, 2.75) is 18.5 Å². The highest BCUT2D eigenvalue weighted by molar-refractivity contribution is 5.59. The molecular formula is C21H12F10N2O2. The van der Waals surface area contributed by atoms with Crippen LogP contribution in [0.3, 0.4) is 0 Å². The van der Waals surface area contributed by atoms with Crippen molar-refractivity contribution in [3.05, 3.63) is 71.0 Å². The molecule has 4 nitrogen and oxygen atoms in total.